The Bertz CT molecular complexity index is 491. The predicted octanol–water partition coefficient (Wildman–Crippen LogP) is 2.32. The normalized spacial score (nSPS) is 23.9. The topological polar surface area (TPSA) is 62.0 Å². The van der Waals surface area contributed by atoms with E-state index in [9.17, 15) is 9.90 Å². The van der Waals surface area contributed by atoms with Crippen LogP contribution in [0.25, 0.3) is 0 Å². The average Bonchev–Trinajstić information content (AvgIpc) is 2.32. The second-order valence-electron chi connectivity index (χ2n) is 4.19. The van der Waals surface area contributed by atoms with Crippen LogP contribution < -0.4 is 0 Å². The molecule has 0 aliphatic carbocycles. The van der Waals surface area contributed by atoms with Gasteiger partial charge >= 0.3 is 5.97 Å². The summed E-state index contributed by atoms with van der Waals surface area (Å²) in [5, 5.41) is 17.3. The van der Waals surface area contributed by atoms with Crippen LogP contribution in [0.2, 0.25) is 0 Å². The summed E-state index contributed by atoms with van der Waals surface area (Å²) in [6.45, 7) is 3.54. The Morgan fingerprint density at radius 2 is 1.71 bits per heavy atom. The maximum atomic E-state index is 11.4. The molecule has 88 valence electrons. The molecule has 2 rings (SSSR count). The third kappa shape index (κ3) is 2.11. The second-order valence-corrected chi connectivity index (χ2v) is 4.19. The highest BCUT2D eigenvalue weighted by atomic mass is 16.4. The van der Waals surface area contributed by atoms with E-state index in [0.717, 1.165) is 11.3 Å². The van der Waals surface area contributed by atoms with Gasteiger partial charge in [-0.3, -0.25) is 4.79 Å². The molecule has 1 heterocycles. The summed E-state index contributed by atoms with van der Waals surface area (Å²) in [4.78, 5) is 11.4. The Morgan fingerprint density at radius 3 is 2.29 bits per heavy atom. The maximum Gasteiger partial charge on any atom is 0.313 e. The molecule has 1 aromatic rings. The van der Waals surface area contributed by atoms with Crippen molar-refractivity contribution in [1.29, 1.82) is 0 Å². The van der Waals surface area contributed by atoms with E-state index in [4.69, 9.17) is 0 Å². The number of carboxylic acid groups (broad SMARTS) is 1. The van der Waals surface area contributed by atoms with E-state index in [2.05, 4.69) is 10.2 Å². The summed E-state index contributed by atoms with van der Waals surface area (Å²) in [6, 6.07) is 9.58. The van der Waals surface area contributed by atoms with E-state index in [-0.39, 0.29) is 5.92 Å². The van der Waals surface area contributed by atoms with Crippen molar-refractivity contribution in [3.8, 4) is 0 Å². The first kappa shape index (κ1) is 11.5. The van der Waals surface area contributed by atoms with Gasteiger partial charge in [0, 0.05) is 11.6 Å². The highest BCUT2D eigenvalue weighted by molar-refractivity contribution is 6.08. The number of benzene rings is 1. The van der Waals surface area contributed by atoms with Crippen molar-refractivity contribution in [2.24, 2.45) is 16.1 Å². The third-order valence-corrected chi connectivity index (χ3v) is 3.02. The Kier molecular flexibility index (Phi) is 3.04. The summed E-state index contributed by atoms with van der Waals surface area (Å²) < 4.78 is 0. The smallest absolute Gasteiger partial charge is 0.313 e. The summed E-state index contributed by atoms with van der Waals surface area (Å²) in [7, 11) is 0. The van der Waals surface area contributed by atoms with Gasteiger partial charge in [-0.2, -0.15) is 10.2 Å². The van der Waals surface area contributed by atoms with Gasteiger partial charge in [-0.05, 0) is 19.4 Å². The zero-order valence-electron chi connectivity index (χ0n) is 9.79. The van der Waals surface area contributed by atoms with Crippen LogP contribution in [0.3, 0.4) is 0 Å². The van der Waals surface area contributed by atoms with Crippen LogP contribution >= 0.6 is 0 Å². The lowest BCUT2D eigenvalue weighted by Crippen LogP contribution is -2.34. The van der Waals surface area contributed by atoms with Crippen LogP contribution in [0, 0.1) is 5.92 Å². The van der Waals surface area contributed by atoms with Crippen LogP contribution in [0.5, 0.6) is 0 Å². The number of carbonyl (C=O) groups is 1. The first-order valence-electron chi connectivity index (χ1n) is 5.47. The minimum atomic E-state index is -0.852. The molecule has 2 atom stereocenters. The first-order chi connectivity index (χ1) is 8.11. The fourth-order valence-electron chi connectivity index (χ4n) is 2.18. The Balaban J connectivity index is 2.47. The summed E-state index contributed by atoms with van der Waals surface area (Å²) in [5.41, 5.74) is 2.27. The van der Waals surface area contributed by atoms with Crippen LogP contribution in [0.1, 0.15) is 25.3 Å². The predicted molar refractivity (Wildman–Crippen MR) is 66.5 cm³/mol. The van der Waals surface area contributed by atoms with Crippen molar-refractivity contribution in [3.63, 3.8) is 0 Å². The third-order valence-electron chi connectivity index (χ3n) is 3.02. The molecule has 4 nitrogen and oxygen atoms in total. The van der Waals surface area contributed by atoms with Crippen LogP contribution in [-0.4, -0.2) is 22.5 Å². The molecular weight excluding hydrogens is 216 g/mol. The number of carboxylic acids is 1. The molecule has 1 aliphatic heterocycles. The van der Waals surface area contributed by atoms with Gasteiger partial charge in [0.25, 0.3) is 0 Å². The fraction of sp³-hybridized carbons (Fsp3) is 0.308. The van der Waals surface area contributed by atoms with Crippen molar-refractivity contribution in [1.82, 2.24) is 0 Å². The van der Waals surface area contributed by atoms with Crippen molar-refractivity contribution in [3.05, 3.63) is 35.9 Å². The maximum absolute atomic E-state index is 11.4. The van der Waals surface area contributed by atoms with Crippen molar-refractivity contribution in [2.45, 2.75) is 19.8 Å². The quantitative estimate of drug-likeness (QED) is 0.847. The van der Waals surface area contributed by atoms with Crippen molar-refractivity contribution in [2.75, 3.05) is 0 Å². The molecule has 0 aromatic heterocycles. The van der Waals surface area contributed by atoms with Gasteiger partial charge in [-0.1, -0.05) is 30.3 Å². The van der Waals surface area contributed by atoms with E-state index >= 15 is 0 Å². The lowest BCUT2D eigenvalue weighted by Gasteiger charge is -2.26. The number of nitrogens with zero attached hydrogens (tertiary/aromatic N) is 2. The average molecular weight is 230 g/mol. The lowest BCUT2D eigenvalue weighted by molar-refractivity contribution is -0.139. The SMILES string of the molecule is CC1=NN=C(C)C(c2ccccc2)C1C(=O)O. The molecule has 0 radical (unpaired) electrons. The molecular formula is C13H14N2O2. The molecule has 2 unspecified atom stereocenters. The molecule has 0 fully saturated rings. The van der Waals surface area contributed by atoms with Crippen LogP contribution in [-0.2, 0) is 4.79 Å². The largest absolute Gasteiger partial charge is 0.481 e. The van der Waals surface area contributed by atoms with E-state index in [1.807, 2.05) is 37.3 Å². The molecule has 0 amide bonds. The number of aliphatic carboxylic acids is 1. The van der Waals surface area contributed by atoms with Gasteiger partial charge in [-0.25, -0.2) is 0 Å². The number of hydrogen-bond acceptors (Lipinski definition) is 3. The summed E-state index contributed by atoms with van der Waals surface area (Å²) in [5.74, 6) is -1.68. The fourth-order valence-corrected chi connectivity index (χ4v) is 2.18. The Morgan fingerprint density at radius 1 is 1.12 bits per heavy atom. The van der Waals surface area contributed by atoms with Gasteiger partial charge in [0.2, 0.25) is 0 Å². The van der Waals surface area contributed by atoms with Gasteiger partial charge in [0.15, 0.2) is 0 Å². The molecule has 1 aliphatic rings. The monoisotopic (exact) mass is 230 g/mol. The number of hydrogen-bond donors (Lipinski definition) is 1. The van der Waals surface area contributed by atoms with Crippen molar-refractivity contribution < 1.29 is 9.90 Å². The Labute approximate surface area is 99.7 Å². The number of rotatable bonds is 2. The van der Waals surface area contributed by atoms with E-state index in [1.54, 1.807) is 6.92 Å². The second kappa shape index (κ2) is 4.49. The van der Waals surface area contributed by atoms with E-state index in [1.165, 1.54) is 0 Å². The molecule has 0 saturated carbocycles. The van der Waals surface area contributed by atoms with Gasteiger partial charge in [0.05, 0.1) is 5.71 Å². The molecule has 0 bridgehead atoms. The van der Waals surface area contributed by atoms with E-state index in [0.29, 0.717) is 5.71 Å². The minimum absolute atomic E-state index is 0.216. The van der Waals surface area contributed by atoms with Crippen LogP contribution in [0.4, 0.5) is 0 Å². The van der Waals surface area contributed by atoms with Crippen LogP contribution in [0.15, 0.2) is 40.5 Å². The molecule has 0 saturated heterocycles. The summed E-state index contributed by atoms with van der Waals surface area (Å²) >= 11 is 0. The van der Waals surface area contributed by atoms with Gasteiger partial charge in [-0.15, -0.1) is 0 Å². The van der Waals surface area contributed by atoms with E-state index < -0.39 is 11.9 Å². The van der Waals surface area contributed by atoms with Gasteiger partial charge < -0.3 is 5.11 Å². The zero-order chi connectivity index (χ0) is 12.4. The molecule has 1 aromatic carbocycles. The standard InChI is InChI=1S/C13H14N2O2/c1-8-11(10-6-4-3-5-7-10)12(13(16)17)9(2)15-14-8/h3-7,11-12H,1-2H3,(H,16,17). The Hall–Kier alpha value is -1.97. The lowest BCUT2D eigenvalue weighted by atomic mass is 9.80. The minimum Gasteiger partial charge on any atom is -0.481 e. The van der Waals surface area contributed by atoms with Gasteiger partial charge in [0.1, 0.15) is 5.92 Å². The molecule has 17 heavy (non-hydrogen) atoms. The molecule has 0 spiro atoms. The molecule has 1 N–H and O–H groups in total. The summed E-state index contributed by atoms with van der Waals surface area (Å²) in [6.07, 6.45) is 0. The highest BCUT2D eigenvalue weighted by Crippen LogP contribution is 2.30. The highest BCUT2D eigenvalue weighted by Gasteiger charge is 2.36. The molecule has 4 heteroatoms. The van der Waals surface area contributed by atoms with Crippen molar-refractivity contribution >= 4 is 17.4 Å². The first-order valence-corrected chi connectivity index (χ1v) is 5.47. The zero-order valence-corrected chi connectivity index (χ0v) is 9.79.